The van der Waals surface area contributed by atoms with Crippen molar-refractivity contribution < 1.29 is 4.79 Å². The maximum atomic E-state index is 11.1. The van der Waals surface area contributed by atoms with Crippen LogP contribution in [0.25, 0.3) is 0 Å². The van der Waals surface area contributed by atoms with Gasteiger partial charge in [-0.3, -0.25) is 4.79 Å². The Labute approximate surface area is 107 Å². The van der Waals surface area contributed by atoms with Gasteiger partial charge in [0.1, 0.15) is 0 Å². The summed E-state index contributed by atoms with van der Waals surface area (Å²) < 4.78 is 0. The molecule has 3 nitrogen and oxygen atoms in total. The van der Waals surface area contributed by atoms with Crippen LogP contribution in [0.1, 0.15) is 16.8 Å². The first-order valence-corrected chi connectivity index (χ1v) is 6.16. The largest absolute Gasteiger partial charge is 0.369 e. The summed E-state index contributed by atoms with van der Waals surface area (Å²) in [6.07, 6.45) is 1.97. The summed E-state index contributed by atoms with van der Waals surface area (Å²) in [6.45, 7) is 1.93. The van der Waals surface area contributed by atoms with Crippen LogP contribution in [-0.2, 0) is 0 Å². The van der Waals surface area contributed by atoms with Crippen LogP contribution in [0.5, 0.6) is 0 Å². The van der Waals surface area contributed by atoms with Crippen LogP contribution in [-0.4, -0.2) is 44.4 Å². The lowest BCUT2D eigenvalue weighted by Gasteiger charge is -2.23. The lowest BCUT2D eigenvalue weighted by Crippen LogP contribution is -2.31. The number of benzene rings is 1. The van der Waals surface area contributed by atoms with E-state index in [1.165, 1.54) is 0 Å². The van der Waals surface area contributed by atoms with Gasteiger partial charge in [0.15, 0.2) is 6.29 Å². The molecule has 1 aromatic carbocycles. The van der Waals surface area contributed by atoms with Crippen molar-refractivity contribution in [3.05, 3.63) is 28.8 Å². The van der Waals surface area contributed by atoms with Crippen molar-refractivity contribution in [2.75, 3.05) is 32.1 Å². The van der Waals surface area contributed by atoms with E-state index in [2.05, 4.69) is 23.9 Å². The summed E-state index contributed by atoms with van der Waals surface area (Å²) in [6, 6.07) is 6.17. The zero-order chi connectivity index (χ0) is 12.4. The Hall–Kier alpha value is -1.06. The van der Waals surface area contributed by atoms with Crippen LogP contribution in [0.15, 0.2) is 18.2 Å². The Kier molecular flexibility index (Phi) is 3.69. The highest BCUT2D eigenvalue weighted by molar-refractivity contribution is 6.33. The second-order valence-electron chi connectivity index (χ2n) is 4.64. The smallest absolute Gasteiger partial charge is 0.153 e. The molecule has 4 heteroatoms. The first-order valence-electron chi connectivity index (χ1n) is 5.78. The van der Waals surface area contributed by atoms with Crippen LogP contribution >= 0.6 is 11.6 Å². The molecule has 92 valence electrons. The van der Waals surface area contributed by atoms with Gasteiger partial charge in [-0.2, -0.15) is 0 Å². The first kappa shape index (κ1) is 12.4. The van der Waals surface area contributed by atoms with Gasteiger partial charge in [0.25, 0.3) is 0 Å². The summed E-state index contributed by atoms with van der Waals surface area (Å²) in [7, 11) is 4.18. The van der Waals surface area contributed by atoms with E-state index in [0.29, 0.717) is 16.6 Å². The predicted molar refractivity (Wildman–Crippen MR) is 71.1 cm³/mol. The molecule has 0 amide bonds. The maximum Gasteiger partial charge on any atom is 0.153 e. The lowest BCUT2D eigenvalue weighted by molar-refractivity contribution is 0.112. The number of aldehydes is 1. The van der Waals surface area contributed by atoms with E-state index in [1.807, 2.05) is 12.1 Å². The minimum Gasteiger partial charge on any atom is -0.369 e. The number of rotatable bonds is 3. The molecule has 1 heterocycles. The molecule has 0 unspecified atom stereocenters. The van der Waals surface area contributed by atoms with Crippen molar-refractivity contribution in [2.45, 2.75) is 12.5 Å². The van der Waals surface area contributed by atoms with E-state index in [4.69, 9.17) is 11.6 Å². The van der Waals surface area contributed by atoms with E-state index in [-0.39, 0.29) is 0 Å². The van der Waals surface area contributed by atoms with Crippen molar-refractivity contribution in [2.24, 2.45) is 0 Å². The Balaban J connectivity index is 2.24. The molecule has 0 aromatic heterocycles. The Morgan fingerprint density at radius 3 is 2.82 bits per heavy atom. The molecule has 2 rings (SSSR count). The minimum absolute atomic E-state index is 0.533. The van der Waals surface area contributed by atoms with Crippen LogP contribution in [0.4, 0.5) is 5.69 Å². The quantitative estimate of drug-likeness (QED) is 0.772. The molecular weight excluding hydrogens is 236 g/mol. The highest BCUT2D eigenvalue weighted by Gasteiger charge is 2.25. The fourth-order valence-corrected chi connectivity index (χ4v) is 2.51. The van der Waals surface area contributed by atoms with Crippen molar-refractivity contribution in [1.82, 2.24) is 4.90 Å². The molecule has 1 atom stereocenters. The van der Waals surface area contributed by atoms with Gasteiger partial charge in [0.2, 0.25) is 0 Å². The van der Waals surface area contributed by atoms with Gasteiger partial charge in [-0.15, -0.1) is 0 Å². The number of nitrogens with zero attached hydrogens (tertiary/aromatic N) is 2. The third kappa shape index (κ3) is 2.45. The number of hydrogen-bond acceptors (Lipinski definition) is 3. The van der Waals surface area contributed by atoms with Crippen LogP contribution in [0, 0.1) is 0 Å². The third-order valence-electron chi connectivity index (χ3n) is 3.38. The molecule has 0 N–H and O–H groups in total. The molecule has 17 heavy (non-hydrogen) atoms. The number of carbonyl (C=O) groups excluding carboxylic acids is 1. The summed E-state index contributed by atoms with van der Waals surface area (Å²) in [5.41, 5.74) is 1.56. The van der Waals surface area contributed by atoms with Gasteiger partial charge in [0.05, 0.1) is 10.6 Å². The van der Waals surface area contributed by atoms with Crippen molar-refractivity contribution in [3.63, 3.8) is 0 Å². The van der Waals surface area contributed by atoms with E-state index in [0.717, 1.165) is 31.5 Å². The third-order valence-corrected chi connectivity index (χ3v) is 3.71. The Bertz CT molecular complexity index is 420. The molecule has 1 aromatic rings. The van der Waals surface area contributed by atoms with Gasteiger partial charge in [-0.05, 0) is 32.6 Å². The van der Waals surface area contributed by atoms with Gasteiger partial charge < -0.3 is 9.80 Å². The average Bonchev–Trinajstić information content (AvgIpc) is 2.77. The fourth-order valence-electron chi connectivity index (χ4n) is 2.30. The normalized spacial score (nSPS) is 20.0. The summed E-state index contributed by atoms with van der Waals surface area (Å²) >= 11 is 6.04. The zero-order valence-corrected chi connectivity index (χ0v) is 10.9. The number of hydrogen-bond donors (Lipinski definition) is 0. The summed E-state index contributed by atoms with van der Waals surface area (Å²) in [5.74, 6) is 0. The molecular formula is C13H17ClN2O. The van der Waals surface area contributed by atoms with Crippen LogP contribution < -0.4 is 4.90 Å². The van der Waals surface area contributed by atoms with Crippen molar-refractivity contribution in [1.29, 1.82) is 0 Å². The van der Waals surface area contributed by atoms with E-state index >= 15 is 0 Å². The number of anilines is 1. The minimum atomic E-state index is 0.533. The molecule has 1 aliphatic heterocycles. The number of carbonyl (C=O) groups is 1. The highest BCUT2D eigenvalue weighted by atomic mass is 35.5. The van der Waals surface area contributed by atoms with E-state index < -0.39 is 0 Å². The highest BCUT2D eigenvalue weighted by Crippen LogP contribution is 2.29. The second kappa shape index (κ2) is 5.07. The first-order chi connectivity index (χ1) is 8.13. The lowest BCUT2D eigenvalue weighted by atomic mass is 10.2. The zero-order valence-electron chi connectivity index (χ0n) is 10.2. The van der Waals surface area contributed by atoms with E-state index in [1.54, 1.807) is 6.07 Å². The van der Waals surface area contributed by atoms with Gasteiger partial charge in [-0.25, -0.2) is 0 Å². The maximum absolute atomic E-state index is 11.1. The molecule has 1 fully saturated rings. The topological polar surface area (TPSA) is 23.6 Å². The number of likely N-dealkylation sites (N-methyl/N-ethyl adjacent to an activating group) is 1. The Morgan fingerprint density at radius 1 is 1.47 bits per heavy atom. The number of halogens is 1. The second-order valence-corrected chi connectivity index (χ2v) is 5.05. The summed E-state index contributed by atoms with van der Waals surface area (Å²) in [4.78, 5) is 15.6. The molecule has 0 spiro atoms. The van der Waals surface area contributed by atoms with Gasteiger partial charge in [-0.1, -0.05) is 17.7 Å². The average molecular weight is 253 g/mol. The molecule has 0 bridgehead atoms. The Morgan fingerprint density at radius 2 is 2.24 bits per heavy atom. The van der Waals surface area contributed by atoms with Gasteiger partial charge in [0, 0.05) is 24.8 Å². The standard InChI is InChI=1S/C13H17ClN2O/c1-15(2)10-6-7-16(8-10)13-5-3-4-12(14)11(13)9-17/h3-5,9-10H,6-8H2,1-2H3/t10-/m0/s1. The molecule has 1 aliphatic rings. The molecule has 0 saturated carbocycles. The fraction of sp³-hybridized carbons (Fsp3) is 0.462. The van der Waals surface area contributed by atoms with Gasteiger partial charge >= 0.3 is 0 Å². The van der Waals surface area contributed by atoms with Crippen molar-refractivity contribution in [3.8, 4) is 0 Å². The predicted octanol–water partition coefficient (Wildman–Crippen LogP) is 2.29. The SMILES string of the molecule is CN(C)[C@H]1CCN(c2cccc(Cl)c2C=O)C1. The van der Waals surface area contributed by atoms with Crippen molar-refractivity contribution >= 4 is 23.6 Å². The molecule has 0 radical (unpaired) electrons. The molecule has 0 aliphatic carbocycles. The van der Waals surface area contributed by atoms with Crippen LogP contribution in [0.3, 0.4) is 0 Å². The summed E-state index contributed by atoms with van der Waals surface area (Å²) in [5, 5.41) is 0.533. The van der Waals surface area contributed by atoms with E-state index in [9.17, 15) is 4.79 Å². The monoisotopic (exact) mass is 252 g/mol. The van der Waals surface area contributed by atoms with Crippen LogP contribution in [0.2, 0.25) is 5.02 Å². The molecule has 1 saturated heterocycles.